The Morgan fingerprint density at radius 2 is 1.79 bits per heavy atom. The number of halogens is 3. The lowest BCUT2D eigenvalue weighted by Crippen LogP contribution is -2.54. The normalized spacial score (nSPS) is 12.8. The number of nitrogens with one attached hydrogen (secondary N) is 2. The Balaban J connectivity index is 2.75. The number of carboxylic acid groups (broad SMARTS) is 1. The van der Waals surface area contributed by atoms with Gasteiger partial charge in [0.1, 0.15) is 37.0 Å². The van der Waals surface area contributed by atoms with E-state index in [1.165, 1.54) is 0 Å². The molecule has 0 aliphatic heterocycles. The number of alkyl carbamates (subject to hydrolysis) is 1. The lowest BCUT2D eigenvalue weighted by atomic mass is 10.0. The van der Waals surface area contributed by atoms with Gasteiger partial charge in [-0.2, -0.15) is 0 Å². The number of hydrogen-bond donors (Lipinski definition) is 3. The van der Waals surface area contributed by atoms with Crippen LogP contribution in [0.15, 0.2) is 18.2 Å². The molecule has 0 fully saturated rings. The van der Waals surface area contributed by atoms with Crippen molar-refractivity contribution in [3.05, 3.63) is 35.4 Å². The molecule has 0 saturated carbocycles. The van der Waals surface area contributed by atoms with Gasteiger partial charge in [-0.3, -0.25) is 14.4 Å². The smallest absolute Gasteiger partial charge is 0.408 e. The van der Waals surface area contributed by atoms with Crippen molar-refractivity contribution in [3.63, 3.8) is 0 Å². The molecule has 1 aromatic carbocycles. The Labute approximate surface area is 164 Å². The van der Waals surface area contributed by atoms with Gasteiger partial charge in [-0.15, -0.1) is 0 Å². The average Bonchev–Trinajstić information content (AvgIpc) is 2.63. The summed E-state index contributed by atoms with van der Waals surface area (Å²) in [6.45, 7) is 1.09. The highest BCUT2D eigenvalue weighted by atomic mass is 19.1. The van der Waals surface area contributed by atoms with Gasteiger partial charge >= 0.3 is 12.1 Å². The zero-order valence-corrected chi connectivity index (χ0v) is 15.7. The molecule has 1 rings (SSSR count). The van der Waals surface area contributed by atoms with Gasteiger partial charge in [0.2, 0.25) is 5.91 Å². The highest BCUT2D eigenvalue weighted by Gasteiger charge is 2.30. The summed E-state index contributed by atoms with van der Waals surface area (Å²) in [5.74, 6) is -5.71. The van der Waals surface area contributed by atoms with Gasteiger partial charge in [-0.05, 0) is 18.1 Å². The molecule has 0 heterocycles. The van der Waals surface area contributed by atoms with Crippen LogP contribution in [0.3, 0.4) is 0 Å². The van der Waals surface area contributed by atoms with E-state index < -0.39 is 73.1 Å². The molecule has 8 nitrogen and oxygen atoms in total. The van der Waals surface area contributed by atoms with Gasteiger partial charge in [-0.1, -0.05) is 13.8 Å². The molecule has 2 amide bonds. The Bertz CT molecular complexity index is 772. The SMILES string of the molecule is CC(C)[C@H](NC(=O)OCc1ccc(F)cc1F)C(=O)NC(CC(=O)O)C(=O)CF. The lowest BCUT2D eigenvalue weighted by molar-refractivity contribution is -0.140. The molecule has 0 aliphatic rings. The predicted molar refractivity (Wildman–Crippen MR) is 93.5 cm³/mol. The van der Waals surface area contributed by atoms with Crippen molar-refractivity contribution in [2.45, 2.75) is 39.0 Å². The second-order valence-corrected chi connectivity index (χ2v) is 6.44. The highest BCUT2D eigenvalue weighted by Crippen LogP contribution is 2.11. The largest absolute Gasteiger partial charge is 0.481 e. The number of carboxylic acids is 1. The molecule has 29 heavy (non-hydrogen) atoms. The molecule has 0 radical (unpaired) electrons. The number of Topliss-reactive ketones (excluding diaryl/α,β-unsaturated/α-hetero) is 1. The Hall–Kier alpha value is -3.11. The third-order valence-corrected chi connectivity index (χ3v) is 3.81. The van der Waals surface area contributed by atoms with E-state index in [9.17, 15) is 32.3 Å². The van der Waals surface area contributed by atoms with E-state index in [0.717, 1.165) is 12.1 Å². The molecule has 11 heteroatoms. The minimum Gasteiger partial charge on any atom is -0.481 e. The average molecular weight is 418 g/mol. The molecule has 2 atom stereocenters. The Morgan fingerprint density at radius 1 is 1.14 bits per heavy atom. The standard InChI is InChI=1S/C18H21F3N2O6/c1-9(2)16(17(27)22-13(6-15(25)26)14(24)7-19)23-18(28)29-8-10-3-4-11(20)5-12(10)21/h3-5,9,13,16H,6-8H2,1-2H3,(H,22,27)(H,23,28)(H,25,26)/t13?,16-/m0/s1. The second kappa shape index (κ2) is 11.0. The number of benzene rings is 1. The molecular formula is C18H21F3N2O6. The number of ketones is 1. The van der Waals surface area contributed by atoms with Gasteiger partial charge in [0.15, 0.2) is 5.78 Å². The van der Waals surface area contributed by atoms with Crippen LogP contribution in [0.5, 0.6) is 0 Å². The maximum Gasteiger partial charge on any atom is 0.408 e. The maximum atomic E-state index is 13.6. The van der Waals surface area contributed by atoms with Crippen molar-refractivity contribution in [1.82, 2.24) is 10.6 Å². The van der Waals surface area contributed by atoms with E-state index in [-0.39, 0.29) is 5.56 Å². The fourth-order valence-electron chi connectivity index (χ4n) is 2.26. The molecule has 3 N–H and O–H groups in total. The van der Waals surface area contributed by atoms with Crippen molar-refractivity contribution in [2.75, 3.05) is 6.67 Å². The number of ether oxygens (including phenoxy) is 1. The maximum absolute atomic E-state index is 13.6. The van der Waals surface area contributed by atoms with Crippen molar-refractivity contribution in [2.24, 2.45) is 5.92 Å². The van der Waals surface area contributed by atoms with Crippen LogP contribution in [0.1, 0.15) is 25.8 Å². The topological polar surface area (TPSA) is 122 Å². The zero-order chi connectivity index (χ0) is 22.1. The summed E-state index contributed by atoms with van der Waals surface area (Å²) in [5, 5.41) is 13.1. The van der Waals surface area contributed by atoms with Gasteiger partial charge in [-0.25, -0.2) is 18.0 Å². The first-order valence-electron chi connectivity index (χ1n) is 8.53. The third kappa shape index (κ3) is 7.80. The summed E-state index contributed by atoms with van der Waals surface area (Å²) in [7, 11) is 0. The Morgan fingerprint density at radius 3 is 2.31 bits per heavy atom. The van der Waals surface area contributed by atoms with Gasteiger partial charge < -0.3 is 20.5 Å². The summed E-state index contributed by atoms with van der Waals surface area (Å²) < 4.78 is 43.8. The van der Waals surface area contributed by atoms with E-state index in [0.29, 0.717) is 6.07 Å². The van der Waals surface area contributed by atoms with Gasteiger partial charge in [0, 0.05) is 11.6 Å². The summed E-state index contributed by atoms with van der Waals surface area (Å²) in [4.78, 5) is 46.6. The van der Waals surface area contributed by atoms with Crippen LogP contribution in [-0.2, 0) is 25.7 Å². The zero-order valence-electron chi connectivity index (χ0n) is 15.7. The first kappa shape index (κ1) is 23.9. The van der Waals surface area contributed by atoms with Gasteiger partial charge in [0.25, 0.3) is 0 Å². The first-order valence-corrected chi connectivity index (χ1v) is 8.53. The van der Waals surface area contributed by atoms with E-state index in [2.05, 4.69) is 10.6 Å². The van der Waals surface area contributed by atoms with E-state index in [1.807, 2.05) is 0 Å². The fraction of sp³-hybridized carbons (Fsp3) is 0.444. The molecule has 1 unspecified atom stereocenters. The number of carbonyl (C=O) groups excluding carboxylic acids is 3. The molecular weight excluding hydrogens is 397 g/mol. The van der Waals surface area contributed by atoms with Crippen LogP contribution in [0.4, 0.5) is 18.0 Å². The second-order valence-electron chi connectivity index (χ2n) is 6.44. The monoisotopic (exact) mass is 418 g/mol. The molecule has 160 valence electrons. The minimum absolute atomic E-state index is 0.0952. The predicted octanol–water partition coefficient (Wildman–Crippen LogP) is 1.71. The summed E-state index contributed by atoms with van der Waals surface area (Å²) in [6, 6.07) is -0.162. The summed E-state index contributed by atoms with van der Waals surface area (Å²) >= 11 is 0. The lowest BCUT2D eigenvalue weighted by Gasteiger charge is -2.24. The van der Waals surface area contributed by atoms with Crippen LogP contribution in [0.25, 0.3) is 0 Å². The number of alkyl halides is 1. The van der Waals surface area contributed by atoms with Crippen LogP contribution in [0.2, 0.25) is 0 Å². The fourth-order valence-corrected chi connectivity index (χ4v) is 2.26. The molecule has 1 aromatic rings. The van der Waals surface area contributed by atoms with Crippen LogP contribution in [0, 0.1) is 17.6 Å². The summed E-state index contributed by atoms with van der Waals surface area (Å²) in [5.41, 5.74) is -0.0952. The number of amides is 2. The molecule has 0 spiro atoms. The summed E-state index contributed by atoms with van der Waals surface area (Å²) in [6.07, 6.45) is -1.93. The number of rotatable bonds is 10. The van der Waals surface area contributed by atoms with E-state index >= 15 is 0 Å². The number of carbonyl (C=O) groups is 4. The Kier molecular flexibility index (Phi) is 9.10. The van der Waals surface area contributed by atoms with Crippen molar-refractivity contribution in [1.29, 1.82) is 0 Å². The van der Waals surface area contributed by atoms with Crippen molar-refractivity contribution >= 4 is 23.8 Å². The number of aliphatic carboxylic acids is 1. The van der Waals surface area contributed by atoms with Crippen molar-refractivity contribution in [3.8, 4) is 0 Å². The van der Waals surface area contributed by atoms with Crippen LogP contribution < -0.4 is 10.6 Å². The molecule has 0 saturated heterocycles. The quantitative estimate of drug-likeness (QED) is 0.532. The highest BCUT2D eigenvalue weighted by molar-refractivity contribution is 5.94. The molecule has 0 aromatic heterocycles. The van der Waals surface area contributed by atoms with Crippen molar-refractivity contribution < 1.29 is 42.2 Å². The van der Waals surface area contributed by atoms with Crippen LogP contribution >= 0.6 is 0 Å². The molecule has 0 aliphatic carbocycles. The molecule has 0 bridgehead atoms. The minimum atomic E-state index is -1.60. The first-order chi connectivity index (χ1) is 13.5. The number of hydrogen-bond acceptors (Lipinski definition) is 5. The van der Waals surface area contributed by atoms with E-state index in [4.69, 9.17) is 9.84 Å². The van der Waals surface area contributed by atoms with Gasteiger partial charge in [0.05, 0.1) is 6.42 Å². The third-order valence-electron chi connectivity index (χ3n) is 3.81. The van der Waals surface area contributed by atoms with Crippen LogP contribution in [-0.4, -0.2) is 47.6 Å². The van der Waals surface area contributed by atoms with E-state index in [1.54, 1.807) is 13.8 Å².